The Kier molecular flexibility index (Phi) is 7.73. The number of hydrogen-bond acceptors (Lipinski definition) is 7. The second kappa shape index (κ2) is 11.0. The van der Waals surface area contributed by atoms with Gasteiger partial charge in [-0.2, -0.15) is 0 Å². The first kappa shape index (κ1) is 27.4. The van der Waals surface area contributed by atoms with Gasteiger partial charge >= 0.3 is 5.97 Å². The quantitative estimate of drug-likeness (QED) is 0.249. The van der Waals surface area contributed by atoms with E-state index < -0.39 is 33.4 Å². The molecule has 0 bridgehead atoms. The molecule has 0 saturated heterocycles. The summed E-state index contributed by atoms with van der Waals surface area (Å²) in [6.07, 6.45) is -1.12. The van der Waals surface area contributed by atoms with Crippen molar-refractivity contribution in [2.75, 3.05) is 11.8 Å². The molecule has 0 aliphatic heterocycles. The van der Waals surface area contributed by atoms with E-state index in [-0.39, 0.29) is 16.1 Å². The van der Waals surface area contributed by atoms with Crippen molar-refractivity contribution in [1.82, 2.24) is 9.36 Å². The van der Waals surface area contributed by atoms with Crippen LogP contribution in [0.3, 0.4) is 0 Å². The van der Waals surface area contributed by atoms with E-state index in [9.17, 15) is 22.8 Å². The van der Waals surface area contributed by atoms with Crippen molar-refractivity contribution in [3.8, 4) is 11.4 Å². The molecular weight excluding hydrogens is 522 g/mol. The Labute approximate surface area is 225 Å². The summed E-state index contributed by atoms with van der Waals surface area (Å²) in [5.74, 6) is -0.720. The lowest BCUT2D eigenvalue weighted by molar-refractivity contribution is 0.0318. The van der Waals surface area contributed by atoms with Gasteiger partial charge in [-0.3, -0.25) is 19.0 Å². The molecular formula is C28H27N3O7S. The smallest absolute Gasteiger partial charge is 0.338 e. The van der Waals surface area contributed by atoms with Gasteiger partial charge in [0.05, 0.1) is 29.0 Å². The first-order valence-corrected chi connectivity index (χ1v) is 13.4. The second-order valence-corrected chi connectivity index (χ2v) is 10.4. The number of ketones is 1. The number of nitrogens with one attached hydrogen (secondary N) is 1. The van der Waals surface area contributed by atoms with Crippen LogP contribution in [-0.2, 0) is 21.8 Å². The lowest BCUT2D eigenvalue weighted by Crippen LogP contribution is -2.25. The van der Waals surface area contributed by atoms with Gasteiger partial charge in [-0.25, -0.2) is 17.9 Å². The minimum atomic E-state index is -4.26. The van der Waals surface area contributed by atoms with Crippen LogP contribution in [0.5, 0.6) is 5.75 Å². The number of Topliss-reactive ketones (excluding diaryl/α,β-unsaturated/α-hetero) is 1. The van der Waals surface area contributed by atoms with E-state index >= 15 is 0 Å². The van der Waals surface area contributed by atoms with Crippen LogP contribution in [0.15, 0.2) is 88.6 Å². The average Bonchev–Trinajstić information content (AvgIpc) is 3.15. The van der Waals surface area contributed by atoms with Crippen LogP contribution >= 0.6 is 0 Å². The largest absolute Gasteiger partial charge is 0.497 e. The Morgan fingerprint density at radius 2 is 1.59 bits per heavy atom. The first-order valence-electron chi connectivity index (χ1n) is 11.9. The molecule has 0 aliphatic carbocycles. The van der Waals surface area contributed by atoms with E-state index in [1.165, 1.54) is 36.9 Å². The van der Waals surface area contributed by atoms with Crippen molar-refractivity contribution < 1.29 is 27.5 Å². The highest BCUT2D eigenvalue weighted by molar-refractivity contribution is 7.92. The topological polar surface area (TPSA) is 126 Å². The maximum absolute atomic E-state index is 13.2. The third-order valence-electron chi connectivity index (χ3n) is 6.20. The number of sulfonamides is 1. The average molecular weight is 550 g/mol. The maximum atomic E-state index is 13.2. The van der Waals surface area contributed by atoms with Gasteiger partial charge in [-0.05, 0) is 68.4 Å². The molecule has 0 unspecified atom stereocenters. The number of carbonyl (C=O) groups excluding carboxylic acids is 2. The molecule has 39 heavy (non-hydrogen) atoms. The minimum Gasteiger partial charge on any atom is -0.497 e. The molecule has 1 atom stereocenters. The van der Waals surface area contributed by atoms with Crippen molar-refractivity contribution in [3.05, 3.63) is 106 Å². The Morgan fingerprint density at radius 3 is 2.23 bits per heavy atom. The van der Waals surface area contributed by atoms with E-state index in [2.05, 4.69) is 4.72 Å². The molecule has 4 rings (SSSR count). The highest BCUT2D eigenvalue weighted by Gasteiger charge is 2.25. The molecule has 0 amide bonds. The summed E-state index contributed by atoms with van der Waals surface area (Å²) in [4.78, 5) is 38.3. The Hall–Kier alpha value is -4.64. The SMILES string of the molecule is COc1ccc(C(=O)[C@H](C)OC(=O)c2cccc(S(=O)(=O)Nc3c(C)n(C)n(-c4ccccc4)c3=O)c2)cc1. The number of para-hydroxylation sites is 1. The van der Waals surface area contributed by atoms with Crippen LogP contribution in [0, 0.1) is 6.92 Å². The van der Waals surface area contributed by atoms with Crippen LogP contribution in [0.25, 0.3) is 5.69 Å². The van der Waals surface area contributed by atoms with E-state index in [0.717, 1.165) is 6.07 Å². The standard InChI is InChI=1S/C28H27N3O7S/c1-18-25(27(33)31(30(18)3)22-10-6-5-7-11-22)29-39(35,36)24-12-8-9-21(17-24)28(34)38-19(2)26(32)20-13-15-23(37-4)16-14-20/h5-17,19,29H,1-4H3/t19-/m0/s1. The fraction of sp³-hybridized carbons (Fsp3) is 0.179. The third-order valence-corrected chi connectivity index (χ3v) is 7.55. The lowest BCUT2D eigenvalue weighted by atomic mass is 10.1. The summed E-state index contributed by atoms with van der Waals surface area (Å²) in [6, 6.07) is 20.3. The van der Waals surface area contributed by atoms with Gasteiger partial charge in [0.2, 0.25) is 5.78 Å². The molecule has 1 aromatic heterocycles. The fourth-order valence-electron chi connectivity index (χ4n) is 3.94. The summed E-state index contributed by atoms with van der Waals surface area (Å²) < 4.78 is 42.1. The number of esters is 1. The van der Waals surface area contributed by atoms with Gasteiger partial charge in [-0.1, -0.05) is 24.3 Å². The predicted molar refractivity (Wildman–Crippen MR) is 145 cm³/mol. The summed E-state index contributed by atoms with van der Waals surface area (Å²) in [6.45, 7) is 3.05. The molecule has 202 valence electrons. The molecule has 11 heteroatoms. The summed E-state index contributed by atoms with van der Waals surface area (Å²) in [5, 5.41) is 0. The van der Waals surface area contributed by atoms with E-state index in [0.29, 0.717) is 22.7 Å². The van der Waals surface area contributed by atoms with Gasteiger partial charge < -0.3 is 9.47 Å². The lowest BCUT2D eigenvalue weighted by Gasteiger charge is -2.13. The Morgan fingerprint density at radius 1 is 0.923 bits per heavy atom. The summed E-state index contributed by atoms with van der Waals surface area (Å²) in [7, 11) is -1.11. The number of nitrogens with zero attached hydrogens (tertiary/aromatic N) is 2. The van der Waals surface area contributed by atoms with Crippen molar-refractivity contribution >= 4 is 27.5 Å². The van der Waals surface area contributed by atoms with Gasteiger partial charge in [-0.15, -0.1) is 0 Å². The Bertz CT molecular complexity index is 1690. The number of aromatic nitrogens is 2. The molecule has 0 radical (unpaired) electrons. The maximum Gasteiger partial charge on any atom is 0.338 e. The van der Waals surface area contributed by atoms with E-state index in [1.54, 1.807) is 67.2 Å². The molecule has 4 aromatic rings. The molecule has 0 saturated carbocycles. The predicted octanol–water partition coefficient (Wildman–Crippen LogP) is 3.72. The highest BCUT2D eigenvalue weighted by atomic mass is 32.2. The number of anilines is 1. The van der Waals surface area contributed by atoms with Crippen molar-refractivity contribution in [1.29, 1.82) is 0 Å². The van der Waals surface area contributed by atoms with Crippen molar-refractivity contribution in [3.63, 3.8) is 0 Å². The van der Waals surface area contributed by atoms with Crippen LogP contribution < -0.4 is 15.0 Å². The molecule has 0 aliphatic rings. The van der Waals surface area contributed by atoms with Gasteiger partial charge in [0.15, 0.2) is 6.10 Å². The van der Waals surface area contributed by atoms with Crippen LogP contribution in [0.2, 0.25) is 0 Å². The summed E-state index contributed by atoms with van der Waals surface area (Å²) in [5.41, 5.74) is 0.560. The summed E-state index contributed by atoms with van der Waals surface area (Å²) >= 11 is 0. The molecule has 1 heterocycles. The third kappa shape index (κ3) is 5.63. The van der Waals surface area contributed by atoms with Crippen molar-refractivity contribution in [2.45, 2.75) is 24.8 Å². The molecule has 3 aromatic carbocycles. The number of carbonyl (C=O) groups is 2. The first-order chi connectivity index (χ1) is 18.5. The number of rotatable bonds is 9. The zero-order valence-corrected chi connectivity index (χ0v) is 22.6. The number of methoxy groups -OCH3 is 1. The van der Waals surface area contributed by atoms with Crippen molar-refractivity contribution in [2.24, 2.45) is 7.05 Å². The number of hydrogen-bond donors (Lipinski definition) is 1. The molecule has 10 nitrogen and oxygen atoms in total. The monoisotopic (exact) mass is 549 g/mol. The van der Waals surface area contributed by atoms with Gasteiger partial charge in [0, 0.05) is 12.6 Å². The highest BCUT2D eigenvalue weighted by Crippen LogP contribution is 2.21. The fourth-order valence-corrected chi connectivity index (χ4v) is 5.10. The zero-order chi connectivity index (χ0) is 28.3. The minimum absolute atomic E-state index is 0.0706. The van der Waals surface area contributed by atoms with Crippen LogP contribution in [0.1, 0.15) is 33.3 Å². The zero-order valence-electron chi connectivity index (χ0n) is 21.7. The molecule has 0 spiro atoms. The second-order valence-electron chi connectivity index (χ2n) is 8.71. The molecule has 0 fully saturated rings. The van der Waals surface area contributed by atoms with Gasteiger partial charge in [0.1, 0.15) is 11.4 Å². The normalized spacial score (nSPS) is 12.0. The van der Waals surface area contributed by atoms with Gasteiger partial charge in [0.25, 0.3) is 15.6 Å². The Balaban J connectivity index is 1.54. The number of benzene rings is 3. The van der Waals surface area contributed by atoms with E-state index in [1.807, 2.05) is 6.07 Å². The van der Waals surface area contributed by atoms with Crippen LogP contribution in [-0.4, -0.2) is 42.7 Å². The van der Waals surface area contributed by atoms with E-state index in [4.69, 9.17) is 9.47 Å². The molecule has 1 N–H and O–H groups in total. The van der Waals surface area contributed by atoms with Crippen LogP contribution in [0.4, 0.5) is 5.69 Å². The number of ether oxygens (including phenoxy) is 2.